The predicted molar refractivity (Wildman–Crippen MR) is 102 cm³/mol. The minimum atomic E-state index is -3.17. The van der Waals surface area contributed by atoms with Crippen molar-refractivity contribution < 1.29 is 13.2 Å². The normalized spacial score (nSPS) is 24.2. The van der Waals surface area contributed by atoms with E-state index in [9.17, 15) is 13.2 Å². The fourth-order valence-electron chi connectivity index (χ4n) is 3.66. The first-order chi connectivity index (χ1) is 12.3. The van der Waals surface area contributed by atoms with Crippen LogP contribution in [0.5, 0.6) is 0 Å². The zero-order valence-electron chi connectivity index (χ0n) is 15.4. The first kappa shape index (κ1) is 18.9. The Morgan fingerprint density at radius 3 is 2.50 bits per heavy atom. The SMILES string of the molecule is Cc1ccc(C2CCCN(C(=O)C#CC3CCN(S(C)(=O)=O)C3)C2)cc1. The van der Waals surface area contributed by atoms with Gasteiger partial charge in [0, 0.05) is 38.0 Å². The molecule has 5 nitrogen and oxygen atoms in total. The number of carbonyl (C=O) groups is 1. The summed E-state index contributed by atoms with van der Waals surface area (Å²) in [5.41, 5.74) is 2.52. The Bertz CT molecular complexity index is 821. The van der Waals surface area contributed by atoms with Gasteiger partial charge in [-0.05, 0) is 37.7 Å². The topological polar surface area (TPSA) is 57.7 Å². The van der Waals surface area contributed by atoms with E-state index in [1.807, 2.05) is 4.90 Å². The molecule has 2 unspecified atom stereocenters. The molecule has 0 aliphatic carbocycles. The molecular weight excluding hydrogens is 348 g/mol. The molecule has 1 aromatic rings. The summed E-state index contributed by atoms with van der Waals surface area (Å²) in [6, 6.07) is 8.53. The van der Waals surface area contributed by atoms with Crippen LogP contribution in [0.25, 0.3) is 0 Å². The molecule has 1 aromatic carbocycles. The lowest BCUT2D eigenvalue weighted by molar-refractivity contribution is -0.126. The van der Waals surface area contributed by atoms with Gasteiger partial charge in [0.05, 0.1) is 6.26 Å². The number of benzene rings is 1. The average molecular weight is 375 g/mol. The van der Waals surface area contributed by atoms with E-state index in [0.29, 0.717) is 32.0 Å². The smallest absolute Gasteiger partial charge is 0.298 e. The van der Waals surface area contributed by atoms with E-state index in [2.05, 4.69) is 43.0 Å². The minimum Gasteiger partial charge on any atom is -0.331 e. The van der Waals surface area contributed by atoms with Gasteiger partial charge in [0.15, 0.2) is 0 Å². The number of aryl methyl sites for hydroxylation is 1. The van der Waals surface area contributed by atoms with Crippen molar-refractivity contribution in [1.82, 2.24) is 9.21 Å². The van der Waals surface area contributed by atoms with Gasteiger partial charge in [-0.3, -0.25) is 4.79 Å². The predicted octanol–water partition coefficient (Wildman–Crippen LogP) is 1.99. The summed E-state index contributed by atoms with van der Waals surface area (Å²) in [5.74, 6) is 5.93. The largest absolute Gasteiger partial charge is 0.331 e. The standard InChI is InChI=1S/C20H26N2O3S/c1-16-5-8-18(9-6-16)19-4-3-12-21(15-19)20(23)10-7-17-11-13-22(14-17)26(2,24)25/h5-6,8-9,17,19H,3-4,11-15H2,1-2H3. The van der Waals surface area contributed by atoms with Gasteiger partial charge in [-0.1, -0.05) is 35.7 Å². The summed E-state index contributed by atoms with van der Waals surface area (Å²) in [5, 5.41) is 0. The lowest BCUT2D eigenvalue weighted by Gasteiger charge is -2.31. The highest BCUT2D eigenvalue weighted by Crippen LogP contribution is 2.27. The molecule has 3 rings (SSSR count). The van der Waals surface area contributed by atoms with E-state index < -0.39 is 10.0 Å². The molecule has 2 saturated heterocycles. The Morgan fingerprint density at radius 2 is 1.85 bits per heavy atom. The van der Waals surface area contributed by atoms with Crippen LogP contribution in [0.15, 0.2) is 24.3 Å². The third kappa shape index (κ3) is 4.66. The average Bonchev–Trinajstić information content (AvgIpc) is 3.10. The molecule has 6 heteroatoms. The van der Waals surface area contributed by atoms with Gasteiger partial charge >= 0.3 is 0 Å². The number of nitrogens with zero attached hydrogens (tertiary/aromatic N) is 2. The first-order valence-electron chi connectivity index (χ1n) is 9.15. The molecule has 140 valence electrons. The quantitative estimate of drug-likeness (QED) is 0.744. The molecule has 2 heterocycles. The summed E-state index contributed by atoms with van der Waals surface area (Å²) in [6.45, 7) is 4.41. The molecule has 0 spiro atoms. The summed E-state index contributed by atoms with van der Waals surface area (Å²) < 4.78 is 24.6. The van der Waals surface area contributed by atoms with E-state index in [1.165, 1.54) is 21.7 Å². The maximum atomic E-state index is 12.5. The number of rotatable bonds is 2. The van der Waals surface area contributed by atoms with Crippen molar-refractivity contribution in [3.63, 3.8) is 0 Å². The van der Waals surface area contributed by atoms with E-state index >= 15 is 0 Å². The third-order valence-corrected chi connectivity index (χ3v) is 6.53. The highest BCUT2D eigenvalue weighted by Gasteiger charge is 2.28. The highest BCUT2D eigenvalue weighted by molar-refractivity contribution is 7.88. The Hall–Kier alpha value is -1.84. The zero-order valence-corrected chi connectivity index (χ0v) is 16.3. The number of sulfonamides is 1. The molecule has 2 aliphatic rings. The van der Waals surface area contributed by atoms with Gasteiger partial charge in [-0.2, -0.15) is 0 Å². The second kappa shape index (κ2) is 7.81. The van der Waals surface area contributed by atoms with Crippen LogP contribution in [-0.2, 0) is 14.8 Å². The number of carbonyl (C=O) groups excluding carboxylic acids is 1. The fourth-order valence-corrected chi connectivity index (χ4v) is 4.55. The summed E-state index contributed by atoms with van der Waals surface area (Å²) in [6.07, 6.45) is 3.98. The second-order valence-corrected chi connectivity index (χ2v) is 9.36. The van der Waals surface area contributed by atoms with Gasteiger partial charge in [0.1, 0.15) is 0 Å². The van der Waals surface area contributed by atoms with E-state index in [1.54, 1.807) is 0 Å². The molecule has 1 amide bonds. The molecule has 2 atom stereocenters. The van der Waals surface area contributed by atoms with Crippen LogP contribution in [0, 0.1) is 24.7 Å². The van der Waals surface area contributed by atoms with Gasteiger partial charge in [0.25, 0.3) is 5.91 Å². The molecule has 2 fully saturated rings. The van der Waals surface area contributed by atoms with Crippen LogP contribution in [0.3, 0.4) is 0 Å². The van der Waals surface area contributed by atoms with E-state index in [-0.39, 0.29) is 11.8 Å². The van der Waals surface area contributed by atoms with Crippen molar-refractivity contribution >= 4 is 15.9 Å². The number of piperidine rings is 1. The highest BCUT2D eigenvalue weighted by atomic mass is 32.2. The monoisotopic (exact) mass is 374 g/mol. The molecule has 0 bridgehead atoms. The molecule has 2 aliphatic heterocycles. The van der Waals surface area contributed by atoms with Gasteiger partial charge in [-0.15, -0.1) is 0 Å². The Balaban J connectivity index is 1.59. The van der Waals surface area contributed by atoms with Crippen molar-refractivity contribution in [2.24, 2.45) is 5.92 Å². The van der Waals surface area contributed by atoms with Gasteiger partial charge < -0.3 is 4.90 Å². The summed E-state index contributed by atoms with van der Waals surface area (Å²) in [7, 11) is -3.17. The molecular formula is C20H26N2O3S. The van der Waals surface area contributed by atoms with Crippen molar-refractivity contribution in [2.45, 2.75) is 32.1 Å². The summed E-state index contributed by atoms with van der Waals surface area (Å²) in [4.78, 5) is 14.3. The number of hydrogen-bond donors (Lipinski definition) is 0. The van der Waals surface area contributed by atoms with Crippen LogP contribution in [0.2, 0.25) is 0 Å². The van der Waals surface area contributed by atoms with Crippen LogP contribution in [0.4, 0.5) is 0 Å². The molecule has 0 aromatic heterocycles. The summed E-state index contributed by atoms with van der Waals surface area (Å²) >= 11 is 0. The Morgan fingerprint density at radius 1 is 1.12 bits per heavy atom. The van der Waals surface area contributed by atoms with E-state index in [4.69, 9.17) is 0 Å². The zero-order chi connectivity index (χ0) is 18.7. The Labute approximate surface area is 156 Å². The molecule has 0 radical (unpaired) electrons. The molecule has 0 saturated carbocycles. The fraction of sp³-hybridized carbons (Fsp3) is 0.550. The van der Waals surface area contributed by atoms with Crippen molar-refractivity contribution in [1.29, 1.82) is 0 Å². The lowest BCUT2D eigenvalue weighted by atomic mass is 9.90. The molecule has 0 N–H and O–H groups in total. The molecule has 26 heavy (non-hydrogen) atoms. The number of likely N-dealkylation sites (tertiary alicyclic amines) is 1. The van der Waals surface area contributed by atoms with Crippen molar-refractivity contribution in [3.8, 4) is 11.8 Å². The van der Waals surface area contributed by atoms with Crippen LogP contribution < -0.4 is 0 Å². The Kier molecular flexibility index (Phi) is 5.69. The maximum absolute atomic E-state index is 12.5. The maximum Gasteiger partial charge on any atom is 0.298 e. The van der Waals surface area contributed by atoms with Gasteiger partial charge in [-0.25, -0.2) is 12.7 Å². The first-order valence-corrected chi connectivity index (χ1v) is 11.0. The van der Waals surface area contributed by atoms with E-state index in [0.717, 1.165) is 19.4 Å². The number of amides is 1. The van der Waals surface area contributed by atoms with Crippen molar-refractivity contribution in [2.75, 3.05) is 32.4 Å². The van der Waals surface area contributed by atoms with Crippen LogP contribution >= 0.6 is 0 Å². The third-order valence-electron chi connectivity index (χ3n) is 5.26. The van der Waals surface area contributed by atoms with Crippen LogP contribution in [-0.4, -0.2) is 56.0 Å². The van der Waals surface area contributed by atoms with Gasteiger partial charge in [0.2, 0.25) is 10.0 Å². The van der Waals surface area contributed by atoms with Crippen LogP contribution in [0.1, 0.15) is 36.3 Å². The minimum absolute atomic E-state index is 0.0497. The number of hydrogen-bond acceptors (Lipinski definition) is 3. The lowest BCUT2D eigenvalue weighted by Crippen LogP contribution is -2.38. The van der Waals surface area contributed by atoms with Crippen molar-refractivity contribution in [3.05, 3.63) is 35.4 Å². The second-order valence-electron chi connectivity index (χ2n) is 7.38.